The molecule has 1 aliphatic rings. The highest BCUT2D eigenvalue weighted by molar-refractivity contribution is 5.44. The third kappa shape index (κ3) is 3.45. The van der Waals surface area contributed by atoms with Gasteiger partial charge in [-0.2, -0.15) is 0 Å². The minimum absolute atomic E-state index is 0.439. The van der Waals surface area contributed by atoms with Crippen LogP contribution in [0.25, 0.3) is 0 Å². The molecule has 2 aromatic carbocycles. The zero-order valence-corrected chi connectivity index (χ0v) is 12.7. The predicted molar refractivity (Wildman–Crippen MR) is 84.6 cm³/mol. The molecule has 0 unspecified atom stereocenters. The lowest BCUT2D eigenvalue weighted by atomic mass is 10.0. The van der Waals surface area contributed by atoms with Crippen LogP contribution >= 0.6 is 0 Å². The van der Waals surface area contributed by atoms with E-state index in [1.165, 1.54) is 11.1 Å². The first-order valence-corrected chi connectivity index (χ1v) is 7.55. The summed E-state index contributed by atoms with van der Waals surface area (Å²) < 4.78 is 5.99. The van der Waals surface area contributed by atoms with E-state index in [9.17, 15) is 5.11 Å². The lowest BCUT2D eigenvalue weighted by Gasteiger charge is -2.15. The van der Waals surface area contributed by atoms with E-state index in [0.29, 0.717) is 6.61 Å². The lowest BCUT2D eigenvalue weighted by Crippen LogP contribution is -2.11. The first-order valence-electron chi connectivity index (χ1n) is 7.55. The smallest absolute Gasteiger partial charge is 0.125 e. The van der Waals surface area contributed by atoms with Gasteiger partial charge in [-0.3, -0.25) is 0 Å². The number of rotatable bonds is 5. The molecule has 0 atom stereocenters. The van der Waals surface area contributed by atoms with Crippen molar-refractivity contribution < 1.29 is 9.84 Å². The van der Waals surface area contributed by atoms with Crippen LogP contribution in [0.1, 0.15) is 35.1 Å². The Balaban J connectivity index is 1.73. The first kappa shape index (κ1) is 14.2. The van der Waals surface area contributed by atoms with Crippen molar-refractivity contribution in [3.63, 3.8) is 0 Å². The Hall–Kier alpha value is -1.80. The molecule has 0 radical (unpaired) electrons. The predicted octanol–water partition coefficient (Wildman–Crippen LogP) is 3.95. The van der Waals surface area contributed by atoms with E-state index in [-0.39, 0.29) is 0 Å². The molecule has 2 nitrogen and oxygen atoms in total. The molecule has 2 heteroatoms. The second-order valence-electron chi connectivity index (χ2n) is 6.23. The summed E-state index contributed by atoms with van der Waals surface area (Å²) in [5, 5.41) is 10.1. The van der Waals surface area contributed by atoms with Crippen molar-refractivity contribution >= 4 is 0 Å². The van der Waals surface area contributed by atoms with Crippen LogP contribution in [0.5, 0.6) is 5.75 Å². The molecule has 110 valence electrons. The maximum absolute atomic E-state index is 10.1. The highest BCUT2D eigenvalue weighted by Crippen LogP contribution is 2.39. The van der Waals surface area contributed by atoms with Crippen molar-refractivity contribution in [3.8, 4) is 5.75 Å². The van der Waals surface area contributed by atoms with Gasteiger partial charge in [-0.1, -0.05) is 42.5 Å². The number of hydrogen-bond donors (Lipinski definition) is 1. The summed E-state index contributed by atoms with van der Waals surface area (Å²) in [6.07, 6.45) is 2.61. The SMILES string of the molecule is Cc1cc(CC2(O)CC2)cc(C)c1OCc1ccccc1. The molecule has 0 bridgehead atoms. The van der Waals surface area contributed by atoms with Crippen molar-refractivity contribution in [2.75, 3.05) is 0 Å². The van der Waals surface area contributed by atoms with E-state index in [4.69, 9.17) is 4.74 Å². The second-order valence-corrected chi connectivity index (χ2v) is 6.23. The zero-order valence-electron chi connectivity index (χ0n) is 12.7. The quantitative estimate of drug-likeness (QED) is 0.899. The van der Waals surface area contributed by atoms with Gasteiger partial charge in [0.05, 0.1) is 5.60 Å². The van der Waals surface area contributed by atoms with Crippen LogP contribution in [0, 0.1) is 13.8 Å². The lowest BCUT2D eigenvalue weighted by molar-refractivity contribution is 0.151. The van der Waals surface area contributed by atoms with Crippen LogP contribution in [0.15, 0.2) is 42.5 Å². The molecule has 2 aromatic rings. The minimum atomic E-state index is -0.439. The van der Waals surface area contributed by atoms with Crippen molar-refractivity contribution in [1.29, 1.82) is 0 Å². The summed E-state index contributed by atoms with van der Waals surface area (Å²) in [5.74, 6) is 0.963. The molecule has 1 fully saturated rings. The summed E-state index contributed by atoms with van der Waals surface area (Å²) >= 11 is 0. The number of aryl methyl sites for hydroxylation is 2. The fourth-order valence-electron chi connectivity index (χ4n) is 2.80. The van der Waals surface area contributed by atoms with E-state index >= 15 is 0 Å². The van der Waals surface area contributed by atoms with Crippen LogP contribution in [0.3, 0.4) is 0 Å². The molecular weight excluding hydrogens is 260 g/mol. The molecule has 0 aliphatic heterocycles. The van der Waals surface area contributed by atoms with Gasteiger partial charge in [0.15, 0.2) is 0 Å². The fourth-order valence-corrected chi connectivity index (χ4v) is 2.80. The van der Waals surface area contributed by atoms with Gasteiger partial charge in [-0.15, -0.1) is 0 Å². The van der Waals surface area contributed by atoms with E-state index in [1.807, 2.05) is 18.2 Å². The van der Waals surface area contributed by atoms with Gasteiger partial charge in [0.25, 0.3) is 0 Å². The standard InChI is InChI=1S/C19H22O2/c1-14-10-17(12-19(20)8-9-19)11-15(2)18(14)21-13-16-6-4-3-5-7-16/h3-7,10-11,20H,8-9,12-13H2,1-2H3. The molecule has 21 heavy (non-hydrogen) atoms. The maximum atomic E-state index is 10.1. The van der Waals surface area contributed by atoms with Gasteiger partial charge in [-0.25, -0.2) is 0 Å². The van der Waals surface area contributed by atoms with Crippen LogP contribution < -0.4 is 4.74 Å². The molecule has 1 aliphatic carbocycles. The minimum Gasteiger partial charge on any atom is -0.488 e. The topological polar surface area (TPSA) is 29.5 Å². The third-order valence-corrected chi connectivity index (χ3v) is 4.11. The van der Waals surface area contributed by atoms with E-state index in [2.05, 4.69) is 38.1 Å². The van der Waals surface area contributed by atoms with Gasteiger partial charge in [0.1, 0.15) is 12.4 Å². The molecule has 0 spiro atoms. The van der Waals surface area contributed by atoms with Gasteiger partial charge < -0.3 is 9.84 Å². The molecule has 0 amide bonds. The number of benzene rings is 2. The van der Waals surface area contributed by atoms with Crippen LogP contribution in [0.4, 0.5) is 0 Å². The van der Waals surface area contributed by atoms with Crippen molar-refractivity contribution in [2.24, 2.45) is 0 Å². The molecule has 0 aromatic heterocycles. The Morgan fingerprint density at radius 1 is 1.00 bits per heavy atom. The summed E-state index contributed by atoms with van der Waals surface area (Å²) in [4.78, 5) is 0. The maximum Gasteiger partial charge on any atom is 0.125 e. The molecule has 1 N–H and O–H groups in total. The largest absolute Gasteiger partial charge is 0.488 e. The third-order valence-electron chi connectivity index (χ3n) is 4.11. The molecule has 0 heterocycles. The van der Waals surface area contributed by atoms with Gasteiger partial charge in [0.2, 0.25) is 0 Å². The molecule has 1 saturated carbocycles. The van der Waals surface area contributed by atoms with Crippen molar-refractivity contribution in [3.05, 3.63) is 64.7 Å². The van der Waals surface area contributed by atoms with Crippen molar-refractivity contribution in [1.82, 2.24) is 0 Å². The highest BCUT2D eigenvalue weighted by Gasteiger charge is 2.40. The average Bonchev–Trinajstić information content (AvgIpc) is 3.16. The Morgan fingerprint density at radius 3 is 2.19 bits per heavy atom. The van der Waals surface area contributed by atoms with E-state index in [0.717, 1.165) is 36.1 Å². The summed E-state index contributed by atoms with van der Waals surface area (Å²) in [6, 6.07) is 14.5. The first-order chi connectivity index (χ1) is 10.1. The number of ether oxygens (including phenoxy) is 1. The van der Waals surface area contributed by atoms with Gasteiger partial charge >= 0.3 is 0 Å². The highest BCUT2D eigenvalue weighted by atomic mass is 16.5. The number of hydrogen-bond acceptors (Lipinski definition) is 2. The van der Waals surface area contributed by atoms with Crippen LogP contribution in [0.2, 0.25) is 0 Å². The summed E-state index contributed by atoms with van der Waals surface area (Å²) in [6.45, 7) is 4.74. The molecule has 0 saturated heterocycles. The Bertz CT molecular complexity index is 604. The van der Waals surface area contributed by atoms with Crippen LogP contribution in [-0.2, 0) is 13.0 Å². The normalized spacial score (nSPS) is 15.8. The van der Waals surface area contributed by atoms with Crippen molar-refractivity contribution in [2.45, 2.75) is 45.3 Å². The number of aliphatic hydroxyl groups is 1. The molecular formula is C19H22O2. The Labute approximate surface area is 126 Å². The monoisotopic (exact) mass is 282 g/mol. The van der Waals surface area contributed by atoms with Gasteiger partial charge in [-0.05, 0) is 48.9 Å². The van der Waals surface area contributed by atoms with E-state index < -0.39 is 5.60 Å². The average molecular weight is 282 g/mol. The second kappa shape index (κ2) is 5.53. The molecule has 3 rings (SSSR count). The van der Waals surface area contributed by atoms with E-state index in [1.54, 1.807) is 0 Å². The Kier molecular flexibility index (Phi) is 3.73. The van der Waals surface area contributed by atoms with Gasteiger partial charge in [0, 0.05) is 6.42 Å². The fraction of sp³-hybridized carbons (Fsp3) is 0.368. The Morgan fingerprint density at radius 2 is 1.62 bits per heavy atom. The summed E-state index contributed by atoms with van der Waals surface area (Å²) in [7, 11) is 0. The summed E-state index contributed by atoms with van der Waals surface area (Å²) in [5.41, 5.74) is 4.23. The van der Waals surface area contributed by atoms with Crippen LogP contribution in [-0.4, -0.2) is 10.7 Å². The zero-order chi connectivity index (χ0) is 14.9.